The summed E-state index contributed by atoms with van der Waals surface area (Å²) in [7, 11) is 3.28. The molecule has 0 saturated carbocycles. The van der Waals surface area contributed by atoms with Gasteiger partial charge < -0.3 is 24.1 Å². The van der Waals surface area contributed by atoms with Crippen molar-refractivity contribution in [1.82, 2.24) is 0 Å². The Kier molecular flexibility index (Phi) is 11.1. The SMILES string of the molecule is COC1C=C(CC/C=C(\C)CC/C=C(\C)CCC[C@@H](C)/C=C2\OC(=O)C(C)=C2O)C(OC)O1. The summed E-state index contributed by atoms with van der Waals surface area (Å²) in [4.78, 5) is 11.5. The number of esters is 1. The third-order valence-electron chi connectivity index (χ3n) is 6.08. The second-order valence-corrected chi connectivity index (χ2v) is 8.99. The molecule has 6 heteroatoms. The number of carbonyl (C=O) groups excluding carboxylic acids is 1. The molecule has 2 aliphatic rings. The van der Waals surface area contributed by atoms with Gasteiger partial charge in [0, 0.05) is 14.2 Å². The number of carbonyl (C=O) groups is 1. The second kappa shape index (κ2) is 13.5. The van der Waals surface area contributed by atoms with Crippen LogP contribution in [0.4, 0.5) is 0 Å². The molecular formula is C27H40O6. The minimum absolute atomic E-state index is 0.0302. The first kappa shape index (κ1) is 27.1. The van der Waals surface area contributed by atoms with E-state index in [-0.39, 0.29) is 29.8 Å². The lowest BCUT2D eigenvalue weighted by Crippen LogP contribution is -2.17. The Hall–Kier alpha value is -2.15. The molecule has 0 aromatic heterocycles. The van der Waals surface area contributed by atoms with Gasteiger partial charge in [0.1, 0.15) is 0 Å². The summed E-state index contributed by atoms with van der Waals surface area (Å²) < 4.78 is 21.3. The van der Waals surface area contributed by atoms with E-state index < -0.39 is 5.97 Å². The molecule has 184 valence electrons. The number of rotatable bonds is 13. The number of aliphatic hydroxyl groups excluding tert-OH is 1. The van der Waals surface area contributed by atoms with Crippen molar-refractivity contribution in [3.63, 3.8) is 0 Å². The molecule has 0 aromatic rings. The van der Waals surface area contributed by atoms with Crippen LogP contribution in [0.3, 0.4) is 0 Å². The summed E-state index contributed by atoms with van der Waals surface area (Å²) in [5.41, 5.74) is 4.21. The molecule has 0 aliphatic carbocycles. The van der Waals surface area contributed by atoms with Crippen LogP contribution in [-0.2, 0) is 23.7 Å². The number of aliphatic hydroxyl groups is 1. The summed E-state index contributed by atoms with van der Waals surface area (Å²) in [6.07, 6.45) is 14.9. The van der Waals surface area contributed by atoms with Crippen molar-refractivity contribution in [2.24, 2.45) is 5.92 Å². The van der Waals surface area contributed by atoms with Crippen LogP contribution in [0.5, 0.6) is 0 Å². The van der Waals surface area contributed by atoms with Crippen LogP contribution in [-0.4, -0.2) is 37.9 Å². The first-order valence-corrected chi connectivity index (χ1v) is 11.8. The van der Waals surface area contributed by atoms with Gasteiger partial charge in [-0.1, -0.05) is 30.2 Å². The Morgan fingerprint density at radius 1 is 1.15 bits per heavy atom. The largest absolute Gasteiger partial charge is 0.504 e. The highest BCUT2D eigenvalue weighted by Crippen LogP contribution is 2.27. The van der Waals surface area contributed by atoms with Crippen molar-refractivity contribution in [2.75, 3.05) is 14.2 Å². The van der Waals surface area contributed by atoms with Crippen LogP contribution < -0.4 is 0 Å². The monoisotopic (exact) mass is 460 g/mol. The average molecular weight is 461 g/mol. The van der Waals surface area contributed by atoms with Crippen molar-refractivity contribution >= 4 is 5.97 Å². The third-order valence-corrected chi connectivity index (χ3v) is 6.08. The highest BCUT2D eigenvalue weighted by atomic mass is 16.8. The molecule has 33 heavy (non-hydrogen) atoms. The Labute approximate surface area is 198 Å². The van der Waals surface area contributed by atoms with Gasteiger partial charge in [0.2, 0.25) is 0 Å². The van der Waals surface area contributed by atoms with Gasteiger partial charge in [-0.25, -0.2) is 4.79 Å². The zero-order valence-electron chi connectivity index (χ0n) is 21.0. The standard InChI is InChI=1S/C27H40O6/c1-18(12-8-14-20(3)16-23-25(28)21(4)26(29)32-23)10-7-11-19(2)13-9-15-22-17-24(30-5)33-27(22)31-6/h10,13,16-17,20,24,27-28H,7-9,11-12,14-15H2,1-6H3/b18-10+,19-13+,23-16-/t20-,24?,27?/m1/s1. The molecule has 0 fully saturated rings. The van der Waals surface area contributed by atoms with Gasteiger partial charge in [0.15, 0.2) is 24.1 Å². The smallest absolute Gasteiger partial charge is 0.343 e. The third kappa shape index (κ3) is 8.61. The Balaban J connectivity index is 1.66. The Morgan fingerprint density at radius 3 is 2.48 bits per heavy atom. The zero-order chi connectivity index (χ0) is 24.4. The minimum atomic E-state index is -0.461. The number of ether oxygens (including phenoxy) is 4. The van der Waals surface area contributed by atoms with Crippen LogP contribution in [0, 0.1) is 5.92 Å². The molecule has 6 nitrogen and oxygen atoms in total. The van der Waals surface area contributed by atoms with E-state index in [0.29, 0.717) is 5.76 Å². The fourth-order valence-corrected chi connectivity index (χ4v) is 3.93. The van der Waals surface area contributed by atoms with Crippen LogP contribution >= 0.6 is 0 Å². The van der Waals surface area contributed by atoms with E-state index in [9.17, 15) is 9.90 Å². The highest BCUT2D eigenvalue weighted by Gasteiger charge is 2.27. The molecule has 3 atom stereocenters. The molecule has 0 saturated heterocycles. The van der Waals surface area contributed by atoms with Gasteiger partial charge in [0.25, 0.3) is 0 Å². The van der Waals surface area contributed by atoms with Gasteiger partial charge in [0.05, 0.1) is 5.57 Å². The summed E-state index contributed by atoms with van der Waals surface area (Å²) in [6.45, 7) is 8.02. The van der Waals surface area contributed by atoms with Crippen LogP contribution in [0.2, 0.25) is 0 Å². The lowest BCUT2D eigenvalue weighted by molar-refractivity contribution is -0.177. The number of hydrogen-bond acceptors (Lipinski definition) is 6. The summed E-state index contributed by atoms with van der Waals surface area (Å²) in [5, 5.41) is 9.92. The van der Waals surface area contributed by atoms with Gasteiger partial charge in [-0.2, -0.15) is 0 Å². The van der Waals surface area contributed by atoms with Gasteiger partial charge >= 0.3 is 5.97 Å². The molecule has 0 amide bonds. The molecule has 2 rings (SSSR count). The molecular weight excluding hydrogens is 420 g/mol. The maximum atomic E-state index is 11.5. The first-order valence-electron chi connectivity index (χ1n) is 11.8. The number of allylic oxidation sites excluding steroid dienone is 5. The predicted octanol–water partition coefficient (Wildman–Crippen LogP) is 6.42. The first-order chi connectivity index (χ1) is 15.7. The Morgan fingerprint density at radius 2 is 1.85 bits per heavy atom. The molecule has 1 N–H and O–H groups in total. The Bertz CT molecular complexity index is 830. The second-order valence-electron chi connectivity index (χ2n) is 8.99. The minimum Gasteiger partial charge on any atom is -0.504 e. The maximum Gasteiger partial charge on any atom is 0.343 e. The van der Waals surface area contributed by atoms with E-state index in [2.05, 4.69) is 32.9 Å². The van der Waals surface area contributed by atoms with Crippen molar-refractivity contribution in [3.05, 3.63) is 58.1 Å². The van der Waals surface area contributed by atoms with E-state index in [1.807, 2.05) is 12.2 Å². The normalized spacial score (nSPS) is 24.0. The molecule has 2 aliphatic heterocycles. The summed E-state index contributed by atoms with van der Waals surface area (Å²) in [5.74, 6) is 0.0403. The van der Waals surface area contributed by atoms with Gasteiger partial charge in [-0.05, 0) is 89.4 Å². The van der Waals surface area contributed by atoms with E-state index in [0.717, 1.165) is 50.5 Å². The highest BCUT2D eigenvalue weighted by molar-refractivity contribution is 5.93. The van der Waals surface area contributed by atoms with Crippen molar-refractivity contribution in [3.8, 4) is 0 Å². The molecule has 2 unspecified atom stereocenters. The molecule has 0 spiro atoms. The number of hydrogen-bond donors (Lipinski definition) is 1. The topological polar surface area (TPSA) is 74.2 Å². The molecule has 0 radical (unpaired) electrons. The quantitative estimate of drug-likeness (QED) is 0.252. The lowest BCUT2D eigenvalue weighted by atomic mass is 9.99. The molecule has 0 aromatic carbocycles. The fraction of sp³-hybridized carbons (Fsp3) is 0.593. The van der Waals surface area contributed by atoms with E-state index >= 15 is 0 Å². The summed E-state index contributed by atoms with van der Waals surface area (Å²) >= 11 is 0. The van der Waals surface area contributed by atoms with Gasteiger partial charge in [-0.3, -0.25) is 0 Å². The van der Waals surface area contributed by atoms with E-state index in [1.165, 1.54) is 11.1 Å². The predicted molar refractivity (Wildman–Crippen MR) is 129 cm³/mol. The number of methoxy groups -OCH3 is 2. The van der Waals surface area contributed by atoms with E-state index in [1.54, 1.807) is 21.1 Å². The fourth-order valence-electron chi connectivity index (χ4n) is 3.93. The van der Waals surface area contributed by atoms with Crippen molar-refractivity contribution in [2.45, 2.75) is 85.2 Å². The lowest BCUT2D eigenvalue weighted by Gasteiger charge is -2.13. The maximum absolute atomic E-state index is 11.5. The van der Waals surface area contributed by atoms with Crippen LogP contribution in [0.15, 0.2) is 58.1 Å². The average Bonchev–Trinajstić information content (AvgIpc) is 3.29. The molecule has 2 heterocycles. The van der Waals surface area contributed by atoms with E-state index in [4.69, 9.17) is 18.9 Å². The van der Waals surface area contributed by atoms with Gasteiger partial charge in [-0.15, -0.1) is 0 Å². The molecule has 0 bridgehead atoms. The van der Waals surface area contributed by atoms with Crippen molar-refractivity contribution < 1.29 is 28.8 Å². The van der Waals surface area contributed by atoms with Crippen LogP contribution in [0.1, 0.15) is 72.6 Å². The summed E-state index contributed by atoms with van der Waals surface area (Å²) in [6, 6.07) is 0. The van der Waals surface area contributed by atoms with Crippen LogP contribution in [0.25, 0.3) is 0 Å². The van der Waals surface area contributed by atoms with Crippen molar-refractivity contribution in [1.29, 1.82) is 0 Å². The number of cyclic esters (lactones) is 1. The zero-order valence-corrected chi connectivity index (χ0v) is 21.0.